The number of nitrogens with one attached hydrogen (secondary N) is 2. The number of amides is 2. The molecule has 7 heteroatoms. The van der Waals surface area contributed by atoms with Crippen LogP contribution in [-0.2, 0) is 22.6 Å². The van der Waals surface area contributed by atoms with Crippen molar-refractivity contribution < 1.29 is 14.7 Å². The Bertz CT molecular complexity index is 1660. The fourth-order valence-corrected chi connectivity index (χ4v) is 7.38. The molecule has 2 aliphatic heterocycles. The Morgan fingerprint density at radius 1 is 0.778 bits per heavy atom. The molecule has 2 heterocycles. The molecule has 0 radical (unpaired) electrons. The van der Waals surface area contributed by atoms with Crippen LogP contribution in [0.1, 0.15) is 58.9 Å². The lowest BCUT2D eigenvalue weighted by Gasteiger charge is -2.37. The number of phenolic OH excluding ortho intramolecular Hbond substituents is 1. The summed E-state index contributed by atoms with van der Waals surface area (Å²) in [7, 11) is 0. The maximum absolute atomic E-state index is 12.2. The highest BCUT2D eigenvalue weighted by Crippen LogP contribution is 2.47. The highest BCUT2D eigenvalue weighted by molar-refractivity contribution is 6.01. The topological polar surface area (TPSA) is 84.9 Å². The van der Waals surface area contributed by atoms with Crippen LogP contribution < -0.4 is 15.5 Å². The van der Waals surface area contributed by atoms with Crippen molar-refractivity contribution in [2.75, 3.05) is 36.4 Å². The molecule has 0 spiro atoms. The van der Waals surface area contributed by atoms with Crippen LogP contribution in [0.4, 0.5) is 11.4 Å². The van der Waals surface area contributed by atoms with Crippen molar-refractivity contribution in [1.29, 1.82) is 0 Å². The van der Waals surface area contributed by atoms with E-state index in [1.165, 1.54) is 33.5 Å². The van der Waals surface area contributed by atoms with Crippen molar-refractivity contribution in [2.45, 2.75) is 50.1 Å². The molecule has 45 heavy (non-hydrogen) atoms. The molecule has 2 saturated heterocycles. The van der Waals surface area contributed by atoms with E-state index >= 15 is 0 Å². The Kier molecular flexibility index (Phi) is 8.27. The fourth-order valence-electron chi connectivity index (χ4n) is 7.38. The van der Waals surface area contributed by atoms with Crippen LogP contribution >= 0.6 is 0 Å². The minimum atomic E-state index is -0.377. The van der Waals surface area contributed by atoms with Crippen LogP contribution in [0.3, 0.4) is 0 Å². The second-order valence-electron chi connectivity index (χ2n) is 12.6. The van der Waals surface area contributed by atoms with Crippen LogP contribution in [0.2, 0.25) is 0 Å². The number of nitrogens with zero attached hydrogens (tertiary/aromatic N) is 2. The van der Waals surface area contributed by atoms with Gasteiger partial charge in [-0.15, -0.1) is 0 Å². The average molecular weight is 601 g/mol. The lowest BCUT2D eigenvalue weighted by atomic mass is 9.69. The second-order valence-corrected chi connectivity index (χ2v) is 12.6. The monoisotopic (exact) mass is 600 g/mol. The van der Waals surface area contributed by atoms with Crippen molar-refractivity contribution in [3.05, 3.63) is 125 Å². The lowest BCUT2D eigenvalue weighted by molar-refractivity contribution is -0.133. The van der Waals surface area contributed by atoms with Crippen molar-refractivity contribution in [1.82, 2.24) is 10.2 Å². The van der Waals surface area contributed by atoms with Gasteiger partial charge in [-0.25, -0.2) is 0 Å². The zero-order valence-corrected chi connectivity index (χ0v) is 25.5. The van der Waals surface area contributed by atoms with E-state index in [1.807, 2.05) is 24.3 Å². The first-order valence-electron chi connectivity index (χ1n) is 16.1. The molecule has 4 aromatic rings. The Labute approximate surface area is 264 Å². The predicted octanol–water partition coefficient (Wildman–Crippen LogP) is 5.79. The van der Waals surface area contributed by atoms with E-state index in [-0.39, 0.29) is 23.8 Å². The zero-order chi connectivity index (χ0) is 30.8. The van der Waals surface area contributed by atoms with Gasteiger partial charge in [-0.2, -0.15) is 0 Å². The second kappa shape index (κ2) is 12.8. The minimum absolute atomic E-state index is 0.199. The van der Waals surface area contributed by atoms with Gasteiger partial charge in [-0.1, -0.05) is 60.7 Å². The molecular weight excluding hydrogens is 560 g/mol. The van der Waals surface area contributed by atoms with Crippen molar-refractivity contribution in [2.24, 2.45) is 0 Å². The standard InChI is InChI=1S/C38H40N4O3/c43-32-14-16-34-29(24-32)11-15-33(27-6-2-1-3-7-27)37(34)28-9-12-31(13-10-28)42-21-19-41(20-22-42)25-26-5-4-8-30(23-26)39-35-17-18-36(44)40-38(35)45/h1-10,12-14,16,23-24,33,35,37,39,43H,11,15,17-22,25H2,(H,40,44,45)/t33-,35?,37+/m1/s1. The van der Waals surface area contributed by atoms with E-state index in [1.54, 1.807) is 0 Å². The van der Waals surface area contributed by atoms with Gasteiger partial charge in [0.15, 0.2) is 0 Å². The van der Waals surface area contributed by atoms with Gasteiger partial charge < -0.3 is 15.3 Å². The molecule has 0 saturated carbocycles. The highest BCUT2D eigenvalue weighted by Gasteiger charge is 2.32. The van der Waals surface area contributed by atoms with Gasteiger partial charge >= 0.3 is 0 Å². The zero-order valence-electron chi connectivity index (χ0n) is 25.5. The Morgan fingerprint density at radius 3 is 2.36 bits per heavy atom. The molecule has 2 fully saturated rings. The minimum Gasteiger partial charge on any atom is -0.508 e. The molecule has 3 aliphatic rings. The first kappa shape index (κ1) is 29.1. The van der Waals surface area contributed by atoms with Crippen molar-refractivity contribution in [3.63, 3.8) is 0 Å². The summed E-state index contributed by atoms with van der Waals surface area (Å²) >= 11 is 0. The summed E-state index contributed by atoms with van der Waals surface area (Å²) in [6, 6.07) is 33.8. The molecule has 7 rings (SSSR count). The van der Waals surface area contributed by atoms with Gasteiger partial charge in [0.1, 0.15) is 11.8 Å². The van der Waals surface area contributed by atoms with Crippen LogP contribution in [0.25, 0.3) is 0 Å². The Balaban J connectivity index is 0.998. The van der Waals surface area contributed by atoms with E-state index in [4.69, 9.17) is 0 Å². The van der Waals surface area contributed by atoms with Gasteiger partial charge in [0, 0.05) is 56.4 Å². The number of imide groups is 1. The van der Waals surface area contributed by atoms with Gasteiger partial charge in [0.25, 0.3) is 0 Å². The highest BCUT2D eigenvalue weighted by atomic mass is 16.3. The summed E-state index contributed by atoms with van der Waals surface area (Å²) in [6.07, 6.45) is 2.92. The maximum Gasteiger partial charge on any atom is 0.249 e. The summed E-state index contributed by atoms with van der Waals surface area (Å²) < 4.78 is 0. The normalized spacial score (nSPS) is 22.0. The third-order valence-corrected chi connectivity index (χ3v) is 9.72. The summed E-state index contributed by atoms with van der Waals surface area (Å²) in [4.78, 5) is 28.6. The molecule has 1 unspecified atom stereocenters. The van der Waals surface area contributed by atoms with Gasteiger partial charge in [0.05, 0.1) is 0 Å². The van der Waals surface area contributed by atoms with Gasteiger partial charge in [-0.3, -0.25) is 19.8 Å². The maximum atomic E-state index is 12.2. The summed E-state index contributed by atoms with van der Waals surface area (Å²) in [5.41, 5.74) is 8.65. The third kappa shape index (κ3) is 6.45. The molecule has 230 valence electrons. The quantitative estimate of drug-likeness (QED) is 0.233. The molecule has 3 atom stereocenters. The number of hydrogen-bond acceptors (Lipinski definition) is 6. The Morgan fingerprint density at radius 2 is 1.58 bits per heavy atom. The van der Waals surface area contributed by atoms with Crippen LogP contribution in [0.5, 0.6) is 5.75 Å². The van der Waals surface area contributed by atoms with E-state index in [2.05, 4.69) is 93.2 Å². The molecular formula is C38H40N4O3. The van der Waals surface area contributed by atoms with Crippen molar-refractivity contribution in [3.8, 4) is 5.75 Å². The number of fused-ring (bicyclic) bond motifs is 1. The number of carbonyl (C=O) groups excluding carboxylic acids is 2. The van der Waals surface area contributed by atoms with Crippen molar-refractivity contribution >= 4 is 23.2 Å². The van der Waals surface area contributed by atoms with Crippen LogP contribution in [-0.4, -0.2) is 54.0 Å². The molecule has 4 aromatic carbocycles. The number of phenols is 1. The number of aromatic hydroxyl groups is 1. The van der Waals surface area contributed by atoms with Gasteiger partial charge in [-0.05, 0) is 89.4 Å². The summed E-state index contributed by atoms with van der Waals surface area (Å²) in [5.74, 6) is 0.547. The average Bonchev–Trinajstić information content (AvgIpc) is 3.06. The molecule has 2 amide bonds. The number of rotatable bonds is 7. The first-order chi connectivity index (χ1) is 22.0. The van der Waals surface area contributed by atoms with Crippen LogP contribution in [0.15, 0.2) is 97.1 Å². The molecule has 0 bridgehead atoms. The predicted molar refractivity (Wildman–Crippen MR) is 178 cm³/mol. The number of carbonyl (C=O) groups is 2. The fraction of sp³-hybridized carbons (Fsp3) is 0.316. The van der Waals surface area contributed by atoms with Gasteiger partial charge in [0.2, 0.25) is 11.8 Å². The van der Waals surface area contributed by atoms with Crippen LogP contribution in [0, 0.1) is 0 Å². The van der Waals surface area contributed by atoms with E-state index in [0.29, 0.717) is 24.5 Å². The lowest BCUT2D eigenvalue weighted by Crippen LogP contribution is -2.47. The summed E-state index contributed by atoms with van der Waals surface area (Å²) in [6.45, 7) is 4.73. The largest absolute Gasteiger partial charge is 0.508 e. The number of anilines is 2. The van der Waals surface area contributed by atoms with E-state index < -0.39 is 0 Å². The Hall–Kier alpha value is -4.62. The molecule has 0 aromatic heterocycles. The number of piperidine rings is 1. The van der Waals surface area contributed by atoms with E-state index in [9.17, 15) is 14.7 Å². The van der Waals surface area contributed by atoms with E-state index in [0.717, 1.165) is 51.3 Å². The number of hydrogen-bond donors (Lipinski definition) is 3. The molecule has 7 nitrogen and oxygen atoms in total. The molecule has 1 aliphatic carbocycles. The smallest absolute Gasteiger partial charge is 0.249 e. The SMILES string of the molecule is O=C1CCC(Nc2cccc(CN3CCN(c4ccc([C@@H]5c6ccc(O)cc6CC[C@@H]5c5ccccc5)cc4)CC3)c2)C(=O)N1. The number of aryl methyl sites for hydroxylation is 1. The summed E-state index contributed by atoms with van der Waals surface area (Å²) in [5, 5.41) is 15.9. The molecule has 3 N–H and O–H groups in total. The third-order valence-electron chi connectivity index (χ3n) is 9.72. The number of benzene rings is 4. The first-order valence-corrected chi connectivity index (χ1v) is 16.1. The number of piperazine rings is 1.